The fraction of sp³-hybridized carbons (Fsp3) is 0.0400. The van der Waals surface area contributed by atoms with Crippen molar-refractivity contribution in [2.75, 3.05) is 16.0 Å². The molecule has 5 rings (SSSR count). The number of rotatable bonds is 6. The van der Waals surface area contributed by atoms with E-state index < -0.39 is 0 Å². The molecule has 5 aromatic rings. The molecule has 4 aromatic heterocycles. The zero-order valence-corrected chi connectivity index (χ0v) is 17.9. The fourth-order valence-electron chi connectivity index (χ4n) is 3.40. The molecule has 162 valence electrons. The van der Waals surface area contributed by atoms with Gasteiger partial charge in [0, 0.05) is 41.5 Å². The van der Waals surface area contributed by atoms with E-state index in [1.165, 1.54) is 6.33 Å². The first-order valence-electron chi connectivity index (χ1n) is 10.4. The highest BCUT2D eigenvalue weighted by Crippen LogP contribution is 2.21. The molecule has 0 aliphatic heterocycles. The minimum Gasteiger partial charge on any atom is -0.340 e. The van der Waals surface area contributed by atoms with Crippen LogP contribution in [0.25, 0.3) is 5.52 Å². The van der Waals surface area contributed by atoms with Crippen LogP contribution < -0.4 is 16.0 Å². The molecular formula is C25H21N7O. The Morgan fingerprint density at radius 2 is 1.58 bits per heavy atom. The number of hydrogen-bond donors (Lipinski definition) is 3. The molecule has 8 nitrogen and oxygen atoms in total. The summed E-state index contributed by atoms with van der Waals surface area (Å²) in [5.41, 5.74) is 4.22. The lowest BCUT2D eigenvalue weighted by atomic mass is 10.2. The molecule has 0 saturated carbocycles. The first-order valence-corrected chi connectivity index (χ1v) is 10.4. The van der Waals surface area contributed by atoms with Gasteiger partial charge in [0.15, 0.2) is 0 Å². The second-order valence-corrected chi connectivity index (χ2v) is 7.55. The van der Waals surface area contributed by atoms with E-state index in [0.29, 0.717) is 22.9 Å². The van der Waals surface area contributed by atoms with Crippen LogP contribution in [0.1, 0.15) is 15.9 Å². The molecule has 0 spiro atoms. The van der Waals surface area contributed by atoms with Crippen LogP contribution >= 0.6 is 0 Å². The molecule has 4 heterocycles. The van der Waals surface area contributed by atoms with Gasteiger partial charge in [0.1, 0.15) is 23.8 Å². The third-order valence-electron chi connectivity index (χ3n) is 5.02. The van der Waals surface area contributed by atoms with Crippen LogP contribution in [0.3, 0.4) is 0 Å². The van der Waals surface area contributed by atoms with Crippen molar-refractivity contribution in [3.63, 3.8) is 0 Å². The first-order chi connectivity index (χ1) is 16.1. The van der Waals surface area contributed by atoms with Gasteiger partial charge >= 0.3 is 0 Å². The Morgan fingerprint density at radius 3 is 2.36 bits per heavy atom. The van der Waals surface area contributed by atoms with Gasteiger partial charge in [0.2, 0.25) is 0 Å². The predicted molar refractivity (Wildman–Crippen MR) is 129 cm³/mol. The Hall–Kier alpha value is -4.72. The van der Waals surface area contributed by atoms with E-state index in [0.717, 1.165) is 22.6 Å². The predicted octanol–water partition coefficient (Wildman–Crippen LogP) is 5.17. The monoisotopic (exact) mass is 435 g/mol. The molecule has 0 bridgehead atoms. The summed E-state index contributed by atoms with van der Waals surface area (Å²) >= 11 is 0. The molecule has 0 unspecified atom stereocenters. The second kappa shape index (κ2) is 8.80. The van der Waals surface area contributed by atoms with Crippen LogP contribution in [-0.2, 0) is 0 Å². The van der Waals surface area contributed by atoms with Gasteiger partial charge in [-0.2, -0.15) is 0 Å². The highest BCUT2D eigenvalue weighted by atomic mass is 16.1. The SMILES string of the molecule is Cc1ccnc(Nc2cc(Nc3ccc(NC(=O)c4cc5ccccn5c4)cc3)ncn2)c1. The number of fused-ring (bicyclic) bond motifs is 1. The number of aromatic nitrogens is 4. The number of anilines is 5. The number of hydrogen-bond acceptors (Lipinski definition) is 6. The fourth-order valence-corrected chi connectivity index (χ4v) is 3.40. The number of aryl methyl sites for hydroxylation is 1. The molecule has 0 fully saturated rings. The first kappa shape index (κ1) is 20.2. The Morgan fingerprint density at radius 1 is 0.818 bits per heavy atom. The van der Waals surface area contributed by atoms with Gasteiger partial charge < -0.3 is 20.4 Å². The van der Waals surface area contributed by atoms with Crippen molar-refractivity contribution in [1.82, 2.24) is 19.4 Å². The van der Waals surface area contributed by atoms with Gasteiger partial charge in [-0.05, 0) is 67.1 Å². The summed E-state index contributed by atoms with van der Waals surface area (Å²) in [6.45, 7) is 2.01. The highest BCUT2D eigenvalue weighted by Gasteiger charge is 2.09. The van der Waals surface area contributed by atoms with E-state index in [4.69, 9.17) is 0 Å². The number of amides is 1. The van der Waals surface area contributed by atoms with Gasteiger partial charge in [-0.15, -0.1) is 0 Å². The van der Waals surface area contributed by atoms with Crippen molar-refractivity contribution in [2.24, 2.45) is 0 Å². The summed E-state index contributed by atoms with van der Waals surface area (Å²) in [5, 5.41) is 9.35. The van der Waals surface area contributed by atoms with Crippen LogP contribution in [0, 0.1) is 6.92 Å². The molecule has 0 aliphatic carbocycles. The quantitative estimate of drug-likeness (QED) is 0.340. The average molecular weight is 435 g/mol. The van der Waals surface area contributed by atoms with Crippen LogP contribution in [0.2, 0.25) is 0 Å². The molecule has 0 atom stereocenters. The number of carbonyl (C=O) groups excluding carboxylic acids is 1. The van der Waals surface area contributed by atoms with Crippen LogP contribution in [0.5, 0.6) is 0 Å². The maximum absolute atomic E-state index is 12.6. The lowest BCUT2D eigenvalue weighted by Gasteiger charge is -2.09. The van der Waals surface area contributed by atoms with E-state index in [1.54, 1.807) is 12.3 Å². The number of pyridine rings is 2. The lowest BCUT2D eigenvalue weighted by molar-refractivity contribution is 0.102. The molecule has 3 N–H and O–H groups in total. The topological polar surface area (TPSA) is 96.2 Å². The zero-order valence-electron chi connectivity index (χ0n) is 17.9. The van der Waals surface area contributed by atoms with Gasteiger partial charge in [-0.3, -0.25) is 4.79 Å². The summed E-state index contributed by atoms with van der Waals surface area (Å²) in [7, 11) is 0. The standard InChI is InChI=1S/C25H21N7O/c1-17-9-10-26-22(12-17)31-24-14-23(27-16-28-24)29-19-5-7-20(8-6-19)30-25(33)18-13-21-4-2-3-11-32(21)15-18/h2-16H,1H3,(H,30,33)(H2,26,27,28,29,31). The summed E-state index contributed by atoms with van der Waals surface area (Å²) in [5.74, 6) is 1.83. The summed E-state index contributed by atoms with van der Waals surface area (Å²) < 4.78 is 1.92. The second-order valence-electron chi connectivity index (χ2n) is 7.55. The Balaban J connectivity index is 1.24. The molecule has 33 heavy (non-hydrogen) atoms. The molecule has 0 saturated heterocycles. The van der Waals surface area contributed by atoms with Crippen LogP contribution in [0.4, 0.5) is 28.8 Å². The number of carbonyl (C=O) groups is 1. The Labute approximate surface area is 190 Å². The van der Waals surface area contributed by atoms with E-state index >= 15 is 0 Å². The van der Waals surface area contributed by atoms with Crippen molar-refractivity contribution < 1.29 is 4.79 Å². The molecule has 0 aliphatic rings. The summed E-state index contributed by atoms with van der Waals surface area (Å²) in [6.07, 6.45) is 6.96. The maximum atomic E-state index is 12.6. The van der Waals surface area contributed by atoms with Crippen molar-refractivity contribution in [3.05, 3.63) is 103 Å². The molecule has 0 radical (unpaired) electrons. The molecular weight excluding hydrogens is 414 g/mol. The largest absolute Gasteiger partial charge is 0.340 e. The van der Waals surface area contributed by atoms with Gasteiger partial charge in [0.25, 0.3) is 5.91 Å². The number of nitrogens with one attached hydrogen (secondary N) is 3. The normalized spacial score (nSPS) is 10.7. The van der Waals surface area contributed by atoms with E-state index in [1.807, 2.05) is 84.4 Å². The summed E-state index contributed by atoms with van der Waals surface area (Å²) in [6, 6.07) is 20.8. The minimum absolute atomic E-state index is 0.157. The Bertz CT molecular complexity index is 1390. The molecule has 1 amide bonds. The third kappa shape index (κ3) is 4.80. The van der Waals surface area contributed by atoms with Crippen molar-refractivity contribution in [3.8, 4) is 0 Å². The molecule has 1 aromatic carbocycles. The van der Waals surface area contributed by atoms with Crippen LogP contribution in [-0.4, -0.2) is 25.3 Å². The summed E-state index contributed by atoms with van der Waals surface area (Å²) in [4.78, 5) is 25.4. The molecule has 8 heteroatoms. The maximum Gasteiger partial charge on any atom is 0.257 e. The van der Waals surface area contributed by atoms with Gasteiger partial charge in [-0.1, -0.05) is 6.07 Å². The van der Waals surface area contributed by atoms with E-state index in [2.05, 4.69) is 30.9 Å². The van der Waals surface area contributed by atoms with Crippen LogP contribution in [0.15, 0.2) is 91.6 Å². The number of benzene rings is 1. The van der Waals surface area contributed by atoms with Crippen molar-refractivity contribution in [2.45, 2.75) is 6.92 Å². The van der Waals surface area contributed by atoms with E-state index in [-0.39, 0.29) is 5.91 Å². The average Bonchev–Trinajstić information content (AvgIpc) is 3.25. The van der Waals surface area contributed by atoms with Crippen molar-refractivity contribution in [1.29, 1.82) is 0 Å². The van der Waals surface area contributed by atoms with E-state index in [9.17, 15) is 4.79 Å². The highest BCUT2D eigenvalue weighted by molar-refractivity contribution is 6.05. The Kier molecular flexibility index (Phi) is 5.38. The smallest absolute Gasteiger partial charge is 0.257 e. The van der Waals surface area contributed by atoms with Gasteiger partial charge in [-0.25, -0.2) is 15.0 Å². The van der Waals surface area contributed by atoms with Gasteiger partial charge in [0.05, 0.1) is 5.56 Å². The minimum atomic E-state index is -0.157. The zero-order chi connectivity index (χ0) is 22.6. The number of nitrogens with zero attached hydrogens (tertiary/aromatic N) is 4. The lowest BCUT2D eigenvalue weighted by Crippen LogP contribution is -2.10. The third-order valence-corrected chi connectivity index (χ3v) is 5.02. The van der Waals surface area contributed by atoms with Crippen molar-refractivity contribution >= 4 is 40.3 Å².